The van der Waals surface area contributed by atoms with E-state index >= 15 is 0 Å². The summed E-state index contributed by atoms with van der Waals surface area (Å²) in [6.07, 6.45) is 0. The van der Waals surface area contributed by atoms with Crippen LogP contribution in [0.4, 0.5) is 17.1 Å². The average Bonchev–Trinajstić information content (AvgIpc) is 3.73. The Morgan fingerprint density at radius 3 is 1.57 bits per heavy atom. The van der Waals surface area contributed by atoms with Gasteiger partial charge in [0.05, 0.1) is 5.69 Å². The molecule has 336 valence electrons. The maximum atomic E-state index is 2.62. The van der Waals surface area contributed by atoms with Gasteiger partial charge in [-0.05, 0) is 180 Å². The molecule has 0 radical (unpaired) electrons. The summed E-state index contributed by atoms with van der Waals surface area (Å²) in [6, 6.07) is 94.4. The molecule has 0 N–H and O–H groups in total. The third-order valence-corrected chi connectivity index (χ3v) is 21.2. The molecule has 0 unspecified atom stereocenters. The van der Waals surface area contributed by atoms with Crippen molar-refractivity contribution < 1.29 is 0 Å². The molecule has 0 fully saturated rings. The van der Waals surface area contributed by atoms with E-state index in [4.69, 9.17) is 0 Å². The van der Waals surface area contributed by atoms with E-state index in [1.807, 2.05) is 0 Å². The van der Waals surface area contributed by atoms with Gasteiger partial charge in [0.2, 0.25) is 0 Å². The molecule has 2 heteroatoms. The van der Waals surface area contributed by atoms with Gasteiger partial charge < -0.3 is 4.90 Å². The molecule has 0 atom stereocenters. The molecular weight excluding hydrogens is 883 g/mol. The van der Waals surface area contributed by atoms with Crippen molar-refractivity contribution >= 4 is 121 Å². The van der Waals surface area contributed by atoms with Crippen LogP contribution in [-0.4, -0.2) is 8.07 Å². The molecule has 72 heavy (non-hydrogen) atoms. The second-order valence-corrected chi connectivity index (χ2v) is 23.8. The summed E-state index contributed by atoms with van der Waals surface area (Å²) in [5, 5.41) is 23.7. The third-order valence-electron chi connectivity index (χ3n) is 16.3. The fourth-order valence-corrected chi connectivity index (χ4v) is 18.1. The quantitative estimate of drug-likeness (QED) is 0.119. The van der Waals surface area contributed by atoms with Crippen LogP contribution in [0.5, 0.6) is 0 Å². The Labute approximate surface area is 419 Å². The summed E-state index contributed by atoms with van der Waals surface area (Å²) < 4.78 is 0. The largest absolute Gasteiger partial charge is 0.310 e. The predicted octanol–water partition coefficient (Wildman–Crippen LogP) is 16.3. The van der Waals surface area contributed by atoms with Crippen LogP contribution >= 0.6 is 0 Å². The number of benzene rings is 14. The predicted molar refractivity (Wildman–Crippen MR) is 312 cm³/mol. The molecule has 0 spiro atoms. The van der Waals surface area contributed by atoms with Crippen molar-refractivity contribution in [2.75, 3.05) is 4.90 Å². The van der Waals surface area contributed by atoms with Gasteiger partial charge in [0.25, 0.3) is 0 Å². The standard InChI is InChI=1S/C70H47NSi/c1-44-38-60-61(39-45(44)2)63-42-65-57-24-14-15-25-67(57)72(53-20-8-4-9-21-53,54-22-10-5-11-23-54)68(65)43-64(63)56-34-30-50(41-62(56)60)55-33-27-47-29-36-59-66(37-31-48-28-35-58(55)69(47)70(48)59)71(51-18-6-3-7-19-51)52-32-26-46-16-12-13-17-49(46)40-52/h3-43H,1-2H3. The minimum atomic E-state index is -2.71. The Bertz CT molecular complexity index is 4480. The normalized spacial score (nSPS) is 13.0. The van der Waals surface area contributed by atoms with Crippen LogP contribution in [0.15, 0.2) is 249 Å². The topological polar surface area (TPSA) is 3.24 Å². The van der Waals surface area contributed by atoms with Crippen LogP contribution in [0.1, 0.15) is 11.1 Å². The van der Waals surface area contributed by atoms with Gasteiger partial charge in [0, 0.05) is 16.8 Å². The first kappa shape index (κ1) is 41.0. The van der Waals surface area contributed by atoms with E-state index in [9.17, 15) is 0 Å². The first-order chi connectivity index (χ1) is 35.5. The lowest BCUT2D eigenvalue weighted by atomic mass is 9.86. The van der Waals surface area contributed by atoms with Crippen molar-refractivity contribution in [1.82, 2.24) is 0 Å². The lowest BCUT2D eigenvalue weighted by molar-refractivity contribution is 1.31. The summed E-state index contributed by atoms with van der Waals surface area (Å²) in [5.74, 6) is 0. The summed E-state index contributed by atoms with van der Waals surface area (Å²) >= 11 is 0. The van der Waals surface area contributed by atoms with Gasteiger partial charge in [-0.1, -0.05) is 206 Å². The summed E-state index contributed by atoms with van der Waals surface area (Å²) in [4.78, 5) is 2.43. The molecule has 1 aliphatic heterocycles. The SMILES string of the molecule is Cc1cc2c3cc(-c4ccc5ccc6c(N(c7ccccc7)c7ccc8ccccc8c7)ccc7ccc4c5c76)ccc3c3cc4c(cc3c2cc1C)-c1ccccc1[Si]4(c1ccccc1)c1ccccc1. The van der Waals surface area contributed by atoms with Crippen molar-refractivity contribution in [3.05, 3.63) is 260 Å². The third kappa shape index (κ3) is 5.82. The Kier molecular flexibility index (Phi) is 8.88. The maximum absolute atomic E-state index is 2.71. The molecule has 15 rings (SSSR count). The second-order valence-electron chi connectivity index (χ2n) is 20.0. The highest BCUT2D eigenvalue weighted by Crippen LogP contribution is 2.47. The molecule has 0 bridgehead atoms. The highest BCUT2D eigenvalue weighted by molar-refractivity contribution is 7.22. The van der Waals surface area contributed by atoms with Crippen LogP contribution in [0.3, 0.4) is 0 Å². The number of anilines is 3. The fraction of sp³-hybridized carbons (Fsp3) is 0.0286. The minimum Gasteiger partial charge on any atom is -0.310 e. The Morgan fingerprint density at radius 2 is 0.833 bits per heavy atom. The highest BCUT2D eigenvalue weighted by Gasteiger charge is 2.48. The Balaban J connectivity index is 0.970. The average molecular weight is 930 g/mol. The van der Waals surface area contributed by atoms with Crippen molar-refractivity contribution in [2.45, 2.75) is 13.8 Å². The molecule has 0 aliphatic carbocycles. The van der Waals surface area contributed by atoms with E-state index in [-0.39, 0.29) is 0 Å². The van der Waals surface area contributed by atoms with Gasteiger partial charge >= 0.3 is 0 Å². The van der Waals surface area contributed by atoms with Crippen molar-refractivity contribution in [3.63, 3.8) is 0 Å². The summed E-state index contributed by atoms with van der Waals surface area (Å²) in [7, 11) is -2.71. The zero-order valence-corrected chi connectivity index (χ0v) is 41.1. The van der Waals surface area contributed by atoms with Gasteiger partial charge in [-0.2, -0.15) is 0 Å². The van der Waals surface area contributed by atoms with Gasteiger partial charge in [-0.15, -0.1) is 0 Å². The molecule has 14 aromatic rings. The maximum Gasteiger partial charge on any atom is 0.180 e. The van der Waals surface area contributed by atoms with Gasteiger partial charge in [0.15, 0.2) is 8.07 Å². The molecule has 14 aromatic carbocycles. The number of fused-ring (bicyclic) bond motifs is 10. The Hall–Kier alpha value is -8.82. The van der Waals surface area contributed by atoms with Gasteiger partial charge in [-0.3, -0.25) is 0 Å². The second kappa shape index (κ2) is 15.6. The molecule has 0 aromatic heterocycles. The van der Waals surface area contributed by atoms with Crippen LogP contribution in [-0.2, 0) is 0 Å². The molecule has 0 saturated carbocycles. The molecule has 1 nitrogen and oxygen atoms in total. The Morgan fingerprint density at radius 1 is 0.292 bits per heavy atom. The number of nitrogens with zero attached hydrogens (tertiary/aromatic N) is 1. The van der Waals surface area contributed by atoms with E-state index in [0.717, 1.165) is 11.4 Å². The van der Waals surface area contributed by atoms with E-state index < -0.39 is 8.07 Å². The zero-order chi connectivity index (χ0) is 47.7. The van der Waals surface area contributed by atoms with E-state index in [1.54, 1.807) is 0 Å². The van der Waals surface area contributed by atoms with Crippen LogP contribution in [0, 0.1) is 13.8 Å². The molecule has 1 heterocycles. The number of hydrogen-bond acceptors (Lipinski definition) is 1. The number of para-hydroxylation sites is 1. The fourth-order valence-electron chi connectivity index (χ4n) is 12.9. The summed E-state index contributed by atoms with van der Waals surface area (Å²) in [6.45, 7) is 4.53. The van der Waals surface area contributed by atoms with E-state index in [1.165, 1.54) is 135 Å². The van der Waals surface area contributed by atoms with Crippen molar-refractivity contribution in [1.29, 1.82) is 0 Å². The lowest BCUT2D eigenvalue weighted by Crippen LogP contribution is -2.72. The van der Waals surface area contributed by atoms with Gasteiger partial charge in [0.1, 0.15) is 0 Å². The minimum absolute atomic E-state index is 1.13. The molecule has 0 saturated heterocycles. The van der Waals surface area contributed by atoms with E-state index in [0.29, 0.717) is 0 Å². The highest BCUT2D eigenvalue weighted by atomic mass is 28.3. The van der Waals surface area contributed by atoms with Crippen molar-refractivity contribution in [2.24, 2.45) is 0 Å². The molecular formula is C70H47NSi. The molecule has 0 amide bonds. The van der Waals surface area contributed by atoms with Crippen LogP contribution in [0.25, 0.3) is 97.7 Å². The first-order valence-corrected chi connectivity index (χ1v) is 27.2. The first-order valence-electron chi connectivity index (χ1n) is 25.2. The smallest absolute Gasteiger partial charge is 0.180 e. The summed E-state index contributed by atoms with van der Waals surface area (Å²) in [5.41, 5.74) is 11.3. The molecule has 1 aliphatic rings. The monoisotopic (exact) mass is 929 g/mol. The zero-order valence-electron chi connectivity index (χ0n) is 40.1. The number of rotatable bonds is 6. The van der Waals surface area contributed by atoms with Crippen molar-refractivity contribution in [3.8, 4) is 22.3 Å². The number of hydrogen-bond donors (Lipinski definition) is 0. The van der Waals surface area contributed by atoms with Crippen LogP contribution in [0.2, 0.25) is 0 Å². The number of aryl methyl sites for hydroxylation is 2. The lowest BCUT2D eigenvalue weighted by Gasteiger charge is -2.31. The van der Waals surface area contributed by atoms with E-state index in [2.05, 4.69) is 267 Å². The van der Waals surface area contributed by atoms with Crippen LogP contribution < -0.4 is 25.6 Å². The van der Waals surface area contributed by atoms with Gasteiger partial charge in [-0.25, -0.2) is 0 Å².